The highest BCUT2D eigenvalue weighted by Crippen LogP contribution is 2.34. The molecule has 130 valence electrons. The summed E-state index contributed by atoms with van der Waals surface area (Å²) in [5, 5.41) is 9.43. The molecular formula is C22H14FN3O. The van der Waals surface area contributed by atoms with E-state index in [1.807, 2.05) is 30.3 Å². The van der Waals surface area contributed by atoms with Crippen molar-refractivity contribution in [2.45, 2.75) is 6.42 Å². The lowest BCUT2D eigenvalue weighted by atomic mass is 9.98. The van der Waals surface area contributed by atoms with Gasteiger partial charge in [-0.2, -0.15) is 5.26 Å². The molecule has 0 bridgehead atoms. The predicted molar refractivity (Wildman–Crippen MR) is 99.1 cm³/mol. The summed E-state index contributed by atoms with van der Waals surface area (Å²) in [6.45, 7) is 0. The summed E-state index contributed by atoms with van der Waals surface area (Å²) in [6, 6.07) is 18.3. The minimum absolute atomic E-state index is 0.175. The van der Waals surface area contributed by atoms with Gasteiger partial charge in [-0.05, 0) is 29.3 Å². The minimum atomic E-state index is -0.466. The average molecular weight is 355 g/mol. The standard InChI is InChI=1S/C22H14FN3O/c23-22-17(10-15-12-25-14-26-13-15)6-7-18(11-24)21(22)20-9-8-19(27-20)16-4-2-1-3-5-16/h1-9,12-14H,10H2. The largest absolute Gasteiger partial charge is 0.456 e. The number of furan rings is 1. The zero-order valence-electron chi connectivity index (χ0n) is 14.3. The van der Waals surface area contributed by atoms with Crippen LogP contribution in [0.25, 0.3) is 22.6 Å². The predicted octanol–water partition coefficient (Wildman–Crippen LogP) is 5.01. The molecule has 4 rings (SSSR count). The molecular weight excluding hydrogens is 341 g/mol. The van der Waals surface area contributed by atoms with Crippen molar-refractivity contribution >= 4 is 0 Å². The Balaban J connectivity index is 1.77. The van der Waals surface area contributed by atoms with Crippen molar-refractivity contribution < 1.29 is 8.81 Å². The van der Waals surface area contributed by atoms with Gasteiger partial charge >= 0.3 is 0 Å². The van der Waals surface area contributed by atoms with Crippen molar-refractivity contribution in [3.63, 3.8) is 0 Å². The van der Waals surface area contributed by atoms with E-state index in [9.17, 15) is 5.26 Å². The van der Waals surface area contributed by atoms with Gasteiger partial charge in [-0.25, -0.2) is 14.4 Å². The highest BCUT2D eigenvalue weighted by atomic mass is 19.1. The second kappa shape index (κ2) is 7.22. The van der Waals surface area contributed by atoms with Gasteiger partial charge in [-0.15, -0.1) is 0 Å². The lowest BCUT2D eigenvalue weighted by Crippen LogP contribution is -1.98. The molecule has 0 amide bonds. The molecule has 0 spiro atoms. The van der Waals surface area contributed by atoms with Crippen LogP contribution in [0.2, 0.25) is 0 Å². The van der Waals surface area contributed by atoms with Crippen LogP contribution in [-0.2, 0) is 6.42 Å². The van der Waals surface area contributed by atoms with Gasteiger partial charge in [0.15, 0.2) is 0 Å². The van der Waals surface area contributed by atoms with Gasteiger partial charge in [0.2, 0.25) is 0 Å². The molecule has 0 aliphatic rings. The first kappa shape index (κ1) is 16.7. The molecule has 0 fully saturated rings. The van der Waals surface area contributed by atoms with Crippen LogP contribution in [0.5, 0.6) is 0 Å². The molecule has 5 heteroatoms. The Morgan fingerprint density at radius 3 is 2.41 bits per heavy atom. The van der Waals surface area contributed by atoms with Crippen molar-refractivity contribution in [2.24, 2.45) is 0 Å². The van der Waals surface area contributed by atoms with Gasteiger partial charge in [0, 0.05) is 24.4 Å². The Morgan fingerprint density at radius 2 is 1.67 bits per heavy atom. The van der Waals surface area contributed by atoms with Gasteiger partial charge in [-0.1, -0.05) is 36.4 Å². The second-order valence-electron chi connectivity index (χ2n) is 6.03. The average Bonchev–Trinajstić information content (AvgIpc) is 3.20. The van der Waals surface area contributed by atoms with E-state index in [2.05, 4.69) is 16.0 Å². The summed E-state index contributed by atoms with van der Waals surface area (Å²) in [7, 11) is 0. The molecule has 0 atom stereocenters. The van der Waals surface area contributed by atoms with E-state index in [1.165, 1.54) is 6.33 Å². The number of rotatable bonds is 4. The Kier molecular flexibility index (Phi) is 4.46. The van der Waals surface area contributed by atoms with Crippen LogP contribution in [0, 0.1) is 17.1 Å². The molecule has 0 saturated heterocycles. The van der Waals surface area contributed by atoms with Crippen molar-refractivity contribution in [2.75, 3.05) is 0 Å². The zero-order chi connectivity index (χ0) is 18.6. The van der Waals surface area contributed by atoms with E-state index >= 15 is 4.39 Å². The van der Waals surface area contributed by atoms with Crippen LogP contribution in [0.15, 0.2) is 77.7 Å². The molecule has 27 heavy (non-hydrogen) atoms. The fourth-order valence-corrected chi connectivity index (χ4v) is 2.96. The molecule has 0 aliphatic carbocycles. The third-order valence-electron chi connectivity index (χ3n) is 4.26. The number of benzene rings is 2. The fourth-order valence-electron chi connectivity index (χ4n) is 2.96. The smallest absolute Gasteiger partial charge is 0.139 e. The molecule has 4 aromatic rings. The summed E-state index contributed by atoms with van der Waals surface area (Å²) in [5.41, 5.74) is 2.54. The number of nitriles is 1. The molecule has 0 aliphatic heterocycles. The zero-order valence-corrected chi connectivity index (χ0v) is 14.3. The Bertz CT molecular complexity index is 1120. The molecule has 0 unspecified atom stereocenters. The fraction of sp³-hybridized carbons (Fsp3) is 0.0455. The molecule has 0 radical (unpaired) electrons. The van der Waals surface area contributed by atoms with E-state index in [0.717, 1.165) is 11.1 Å². The third-order valence-corrected chi connectivity index (χ3v) is 4.26. The first-order valence-electron chi connectivity index (χ1n) is 8.37. The minimum Gasteiger partial charge on any atom is -0.456 e. The summed E-state index contributed by atoms with van der Waals surface area (Å²) < 4.78 is 21.1. The van der Waals surface area contributed by atoms with Crippen LogP contribution < -0.4 is 0 Å². The topological polar surface area (TPSA) is 62.7 Å². The molecule has 0 N–H and O–H groups in total. The molecule has 2 heterocycles. The lowest BCUT2D eigenvalue weighted by Gasteiger charge is -2.09. The Labute approximate surface area is 155 Å². The van der Waals surface area contributed by atoms with Crippen molar-refractivity contribution in [1.82, 2.24) is 9.97 Å². The highest BCUT2D eigenvalue weighted by Gasteiger charge is 2.19. The molecule has 2 aromatic carbocycles. The summed E-state index contributed by atoms with van der Waals surface area (Å²) in [4.78, 5) is 7.91. The summed E-state index contributed by atoms with van der Waals surface area (Å²) in [6.07, 6.45) is 5.05. The monoisotopic (exact) mass is 355 g/mol. The van der Waals surface area contributed by atoms with Crippen LogP contribution >= 0.6 is 0 Å². The number of aromatic nitrogens is 2. The molecule has 2 aromatic heterocycles. The summed E-state index contributed by atoms with van der Waals surface area (Å²) in [5.74, 6) is 0.483. The third kappa shape index (κ3) is 3.33. The normalized spacial score (nSPS) is 10.5. The van der Waals surface area contributed by atoms with Crippen LogP contribution in [0.3, 0.4) is 0 Å². The molecule has 4 nitrogen and oxygen atoms in total. The van der Waals surface area contributed by atoms with Gasteiger partial charge in [0.1, 0.15) is 23.7 Å². The van der Waals surface area contributed by atoms with Crippen molar-refractivity contribution in [1.29, 1.82) is 5.26 Å². The highest BCUT2D eigenvalue weighted by molar-refractivity contribution is 5.71. The van der Waals surface area contributed by atoms with E-state index in [4.69, 9.17) is 4.42 Å². The van der Waals surface area contributed by atoms with Gasteiger partial charge in [-0.3, -0.25) is 0 Å². The van der Waals surface area contributed by atoms with Crippen molar-refractivity contribution in [3.05, 3.63) is 95.8 Å². The first-order valence-corrected chi connectivity index (χ1v) is 8.37. The van der Waals surface area contributed by atoms with Crippen LogP contribution in [0.4, 0.5) is 4.39 Å². The SMILES string of the molecule is N#Cc1ccc(Cc2cncnc2)c(F)c1-c1ccc(-c2ccccc2)o1. The Hall–Kier alpha value is -3.78. The lowest BCUT2D eigenvalue weighted by molar-refractivity contribution is 0.576. The number of hydrogen-bond donors (Lipinski definition) is 0. The van der Waals surface area contributed by atoms with Gasteiger partial charge < -0.3 is 4.42 Å². The quantitative estimate of drug-likeness (QED) is 0.516. The molecule has 0 saturated carbocycles. The maximum atomic E-state index is 15.3. The van der Waals surface area contributed by atoms with E-state index in [1.54, 1.807) is 36.7 Å². The van der Waals surface area contributed by atoms with Crippen molar-refractivity contribution in [3.8, 4) is 28.7 Å². The maximum Gasteiger partial charge on any atom is 0.139 e. The number of nitrogens with zero attached hydrogens (tertiary/aromatic N) is 3. The maximum absolute atomic E-state index is 15.3. The van der Waals surface area contributed by atoms with E-state index in [-0.39, 0.29) is 11.1 Å². The second-order valence-corrected chi connectivity index (χ2v) is 6.03. The number of hydrogen-bond acceptors (Lipinski definition) is 4. The van der Waals surface area contributed by atoms with E-state index in [0.29, 0.717) is 23.5 Å². The van der Waals surface area contributed by atoms with Crippen LogP contribution in [-0.4, -0.2) is 9.97 Å². The van der Waals surface area contributed by atoms with Crippen LogP contribution in [0.1, 0.15) is 16.7 Å². The summed E-state index contributed by atoms with van der Waals surface area (Å²) >= 11 is 0. The van der Waals surface area contributed by atoms with E-state index < -0.39 is 5.82 Å². The number of halogens is 1. The van der Waals surface area contributed by atoms with Gasteiger partial charge in [0.05, 0.1) is 17.2 Å². The first-order chi connectivity index (χ1) is 13.3. The van der Waals surface area contributed by atoms with Gasteiger partial charge in [0.25, 0.3) is 0 Å². The Morgan fingerprint density at radius 1 is 0.926 bits per heavy atom.